The van der Waals surface area contributed by atoms with E-state index in [1.165, 1.54) is 36.4 Å². The van der Waals surface area contributed by atoms with Crippen LogP contribution in [0.15, 0.2) is 60.7 Å². The van der Waals surface area contributed by atoms with Gasteiger partial charge in [-0.2, -0.15) is 0 Å². The van der Waals surface area contributed by atoms with E-state index < -0.39 is 22.6 Å². The molecule has 1 N–H and O–H groups in total. The Morgan fingerprint density at radius 2 is 1.65 bits per heavy atom. The number of carbonyl (C=O) groups is 3. The maximum Gasteiger partial charge on any atom is 0.269 e. The van der Waals surface area contributed by atoms with Gasteiger partial charge in [-0.05, 0) is 61.0 Å². The Labute approximate surface area is 181 Å². The molecule has 8 nitrogen and oxygen atoms in total. The van der Waals surface area contributed by atoms with Crippen molar-refractivity contribution in [3.8, 4) is 0 Å². The molecule has 0 unspecified atom stereocenters. The number of anilines is 2. The highest BCUT2D eigenvalue weighted by atomic mass is 35.5. The van der Waals surface area contributed by atoms with Crippen molar-refractivity contribution in [2.45, 2.75) is 6.92 Å². The third kappa shape index (κ3) is 3.64. The molecular weight excluding hydrogens is 422 g/mol. The number of nitro groups is 1. The van der Waals surface area contributed by atoms with Crippen molar-refractivity contribution in [2.24, 2.45) is 0 Å². The number of aryl methyl sites for hydroxylation is 1. The van der Waals surface area contributed by atoms with Gasteiger partial charge in [-0.3, -0.25) is 24.5 Å². The fourth-order valence-corrected chi connectivity index (χ4v) is 3.53. The lowest BCUT2D eigenvalue weighted by Crippen LogP contribution is -2.30. The summed E-state index contributed by atoms with van der Waals surface area (Å²) in [5.41, 5.74) is 2.11. The smallest absolute Gasteiger partial charge is 0.269 e. The fraction of sp³-hybridized carbons (Fsp3) is 0.0455. The molecule has 0 radical (unpaired) electrons. The molecule has 1 aliphatic rings. The van der Waals surface area contributed by atoms with Crippen LogP contribution in [0.3, 0.4) is 0 Å². The number of imide groups is 1. The Morgan fingerprint density at radius 1 is 0.968 bits per heavy atom. The van der Waals surface area contributed by atoms with E-state index in [2.05, 4.69) is 5.32 Å². The van der Waals surface area contributed by atoms with Crippen LogP contribution in [-0.4, -0.2) is 22.6 Å². The van der Waals surface area contributed by atoms with Crippen molar-refractivity contribution in [2.75, 3.05) is 10.2 Å². The first-order valence-electron chi connectivity index (χ1n) is 9.11. The molecule has 3 amide bonds. The number of halogens is 1. The van der Waals surface area contributed by atoms with Crippen LogP contribution in [0.1, 0.15) is 36.6 Å². The normalized spacial score (nSPS) is 12.6. The summed E-state index contributed by atoms with van der Waals surface area (Å²) in [5.74, 6) is -1.35. The maximum absolute atomic E-state index is 12.8. The fourth-order valence-electron chi connectivity index (χ4n) is 3.35. The van der Waals surface area contributed by atoms with E-state index >= 15 is 0 Å². The van der Waals surface area contributed by atoms with Gasteiger partial charge in [0.1, 0.15) is 0 Å². The summed E-state index contributed by atoms with van der Waals surface area (Å²) < 4.78 is 0. The quantitative estimate of drug-likeness (QED) is 0.365. The molecule has 3 aromatic rings. The molecule has 0 aliphatic carbocycles. The van der Waals surface area contributed by atoms with Crippen molar-refractivity contribution in [3.05, 3.63) is 98.1 Å². The minimum Gasteiger partial charge on any atom is -0.322 e. The van der Waals surface area contributed by atoms with E-state index in [9.17, 15) is 24.5 Å². The Hall–Kier alpha value is -4.04. The number of hydrogen-bond donors (Lipinski definition) is 1. The molecule has 0 saturated heterocycles. The number of non-ortho nitro benzene ring substituents is 1. The van der Waals surface area contributed by atoms with Crippen LogP contribution >= 0.6 is 11.6 Å². The summed E-state index contributed by atoms with van der Waals surface area (Å²) >= 11 is 5.95. The number of nitro benzene ring substituents is 1. The molecule has 3 aromatic carbocycles. The summed E-state index contributed by atoms with van der Waals surface area (Å²) in [7, 11) is 0. The highest BCUT2D eigenvalue weighted by molar-refractivity contribution is 6.37. The van der Waals surface area contributed by atoms with Crippen LogP contribution in [-0.2, 0) is 0 Å². The highest BCUT2D eigenvalue weighted by Crippen LogP contribution is 2.33. The molecular formula is C22H14ClN3O5. The van der Waals surface area contributed by atoms with Gasteiger partial charge in [0.15, 0.2) is 0 Å². The summed E-state index contributed by atoms with van der Waals surface area (Å²) in [4.78, 5) is 49.2. The summed E-state index contributed by atoms with van der Waals surface area (Å²) in [5, 5.41) is 13.8. The molecule has 0 fully saturated rings. The average Bonchev–Trinajstić information content (AvgIpc) is 2.98. The van der Waals surface area contributed by atoms with E-state index in [-0.39, 0.29) is 22.4 Å². The predicted octanol–water partition coefficient (Wildman–Crippen LogP) is 4.61. The van der Waals surface area contributed by atoms with Crippen LogP contribution in [0, 0.1) is 17.0 Å². The molecule has 9 heteroatoms. The molecule has 1 heterocycles. The van der Waals surface area contributed by atoms with Crippen LogP contribution in [0.2, 0.25) is 5.02 Å². The molecule has 0 spiro atoms. The predicted molar refractivity (Wildman–Crippen MR) is 115 cm³/mol. The van der Waals surface area contributed by atoms with Gasteiger partial charge in [0.25, 0.3) is 23.4 Å². The van der Waals surface area contributed by atoms with Gasteiger partial charge in [0, 0.05) is 28.4 Å². The summed E-state index contributed by atoms with van der Waals surface area (Å²) in [6.07, 6.45) is 0. The maximum atomic E-state index is 12.8. The van der Waals surface area contributed by atoms with Gasteiger partial charge >= 0.3 is 0 Å². The van der Waals surface area contributed by atoms with Gasteiger partial charge in [-0.15, -0.1) is 0 Å². The number of hydrogen-bond acceptors (Lipinski definition) is 5. The Balaban J connectivity index is 1.56. The van der Waals surface area contributed by atoms with E-state index in [1.54, 1.807) is 31.2 Å². The highest BCUT2D eigenvalue weighted by Gasteiger charge is 2.37. The van der Waals surface area contributed by atoms with Crippen molar-refractivity contribution >= 4 is 46.4 Å². The zero-order chi connectivity index (χ0) is 22.3. The number of rotatable bonds is 4. The minimum absolute atomic E-state index is 0.112. The van der Waals surface area contributed by atoms with Gasteiger partial charge < -0.3 is 5.32 Å². The van der Waals surface area contributed by atoms with Gasteiger partial charge in [0.05, 0.1) is 21.7 Å². The first kappa shape index (κ1) is 20.2. The molecule has 31 heavy (non-hydrogen) atoms. The topological polar surface area (TPSA) is 110 Å². The second kappa shape index (κ2) is 7.66. The standard InChI is InChI=1S/C22H14ClN3O5/c1-12-10-15(24-20(27)13-2-6-16(7-3-13)26(30)31)5-9-19(12)25-21(28)17-8-4-14(23)11-18(17)22(25)29/h2-11H,1H3,(H,24,27). The Kier molecular flexibility index (Phi) is 5.00. The molecule has 0 saturated carbocycles. The molecule has 0 bridgehead atoms. The number of nitrogens with one attached hydrogen (secondary N) is 1. The zero-order valence-corrected chi connectivity index (χ0v) is 16.8. The monoisotopic (exact) mass is 435 g/mol. The van der Waals surface area contributed by atoms with Gasteiger partial charge in [0.2, 0.25) is 0 Å². The lowest BCUT2D eigenvalue weighted by Gasteiger charge is -2.17. The molecule has 0 atom stereocenters. The average molecular weight is 436 g/mol. The summed E-state index contributed by atoms with van der Waals surface area (Å²) in [6, 6.07) is 14.5. The van der Waals surface area contributed by atoms with Gasteiger partial charge in [-0.25, -0.2) is 4.90 Å². The first-order chi connectivity index (χ1) is 14.8. The number of nitrogens with zero attached hydrogens (tertiary/aromatic N) is 2. The third-order valence-electron chi connectivity index (χ3n) is 4.88. The molecule has 154 valence electrons. The van der Waals surface area contributed by atoms with Crippen LogP contribution in [0.5, 0.6) is 0 Å². The zero-order valence-electron chi connectivity index (χ0n) is 16.1. The van der Waals surface area contributed by atoms with Crippen LogP contribution in [0.4, 0.5) is 17.1 Å². The lowest BCUT2D eigenvalue weighted by atomic mass is 10.1. The lowest BCUT2D eigenvalue weighted by molar-refractivity contribution is -0.384. The second-order valence-corrected chi connectivity index (χ2v) is 7.33. The van der Waals surface area contributed by atoms with Crippen LogP contribution < -0.4 is 10.2 Å². The van der Waals surface area contributed by atoms with Crippen molar-refractivity contribution < 1.29 is 19.3 Å². The first-order valence-corrected chi connectivity index (χ1v) is 9.49. The number of benzene rings is 3. The van der Waals surface area contributed by atoms with Gasteiger partial charge in [-0.1, -0.05) is 11.6 Å². The number of carbonyl (C=O) groups excluding carboxylic acids is 3. The molecule has 1 aliphatic heterocycles. The SMILES string of the molecule is Cc1cc(NC(=O)c2ccc([N+](=O)[O-])cc2)ccc1N1C(=O)c2ccc(Cl)cc2C1=O. The Bertz CT molecular complexity index is 1270. The molecule has 4 rings (SSSR count). The largest absolute Gasteiger partial charge is 0.322 e. The van der Waals surface area contributed by atoms with E-state index in [1.807, 2.05) is 0 Å². The Morgan fingerprint density at radius 3 is 2.29 bits per heavy atom. The number of amides is 3. The van der Waals surface area contributed by atoms with Crippen molar-refractivity contribution in [3.63, 3.8) is 0 Å². The second-order valence-electron chi connectivity index (χ2n) is 6.89. The van der Waals surface area contributed by atoms with E-state index in [0.717, 1.165) is 4.90 Å². The van der Waals surface area contributed by atoms with E-state index in [4.69, 9.17) is 11.6 Å². The van der Waals surface area contributed by atoms with Crippen molar-refractivity contribution in [1.82, 2.24) is 0 Å². The number of fused-ring (bicyclic) bond motifs is 1. The third-order valence-corrected chi connectivity index (χ3v) is 5.12. The van der Waals surface area contributed by atoms with Crippen molar-refractivity contribution in [1.29, 1.82) is 0 Å². The minimum atomic E-state index is -0.545. The van der Waals surface area contributed by atoms with E-state index in [0.29, 0.717) is 22.0 Å². The van der Waals surface area contributed by atoms with Crippen LogP contribution in [0.25, 0.3) is 0 Å². The summed E-state index contributed by atoms with van der Waals surface area (Å²) in [6.45, 7) is 1.72. The molecule has 0 aromatic heterocycles.